The Morgan fingerprint density at radius 1 is 1.25 bits per heavy atom. The van der Waals surface area contributed by atoms with Gasteiger partial charge in [0.2, 0.25) is 0 Å². The number of hydrogen-bond donors (Lipinski definition) is 0. The van der Waals surface area contributed by atoms with E-state index in [0.717, 1.165) is 11.3 Å². The van der Waals surface area contributed by atoms with Gasteiger partial charge < -0.3 is 9.47 Å². The zero-order chi connectivity index (χ0) is 14.4. The molecule has 1 aromatic rings. The maximum Gasteiger partial charge on any atom is 0.310 e. The number of benzene rings is 1. The molecule has 1 aromatic carbocycles. The molecule has 2 rings (SSSR count). The summed E-state index contributed by atoms with van der Waals surface area (Å²) in [5, 5.41) is 0. The molecule has 0 N–H and O–H groups in total. The molecule has 110 valence electrons. The highest BCUT2D eigenvalue weighted by Gasteiger charge is 2.18. The van der Waals surface area contributed by atoms with Crippen molar-refractivity contribution in [2.45, 2.75) is 51.4 Å². The van der Waals surface area contributed by atoms with Crippen LogP contribution in [0.3, 0.4) is 0 Å². The molecule has 0 spiro atoms. The smallest absolute Gasteiger partial charge is 0.310 e. The number of esters is 1. The van der Waals surface area contributed by atoms with Crippen molar-refractivity contribution < 1.29 is 14.3 Å². The number of methoxy groups -OCH3 is 1. The highest BCUT2D eigenvalue weighted by atomic mass is 16.5. The first-order valence-electron chi connectivity index (χ1n) is 7.57. The van der Waals surface area contributed by atoms with E-state index in [1.165, 1.54) is 37.7 Å². The minimum atomic E-state index is -0.198. The summed E-state index contributed by atoms with van der Waals surface area (Å²) >= 11 is 0. The third-order valence-corrected chi connectivity index (χ3v) is 4.03. The maximum absolute atomic E-state index is 11.6. The number of hydrogen-bond acceptors (Lipinski definition) is 3. The molecule has 0 aliphatic heterocycles. The van der Waals surface area contributed by atoms with Gasteiger partial charge in [0.25, 0.3) is 0 Å². The van der Waals surface area contributed by atoms with Crippen LogP contribution in [0.4, 0.5) is 0 Å². The van der Waals surface area contributed by atoms with Crippen molar-refractivity contribution in [3.8, 4) is 5.75 Å². The molecule has 0 saturated heterocycles. The fourth-order valence-corrected chi connectivity index (χ4v) is 2.96. The second-order valence-electron chi connectivity index (χ2n) is 5.39. The predicted molar refractivity (Wildman–Crippen MR) is 79.2 cm³/mol. The number of carbonyl (C=O) groups is 1. The van der Waals surface area contributed by atoms with Crippen molar-refractivity contribution in [2.24, 2.45) is 0 Å². The Hall–Kier alpha value is -1.51. The van der Waals surface area contributed by atoms with E-state index in [9.17, 15) is 4.79 Å². The summed E-state index contributed by atoms with van der Waals surface area (Å²) in [6.45, 7) is 2.24. The topological polar surface area (TPSA) is 35.5 Å². The van der Waals surface area contributed by atoms with Crippen LogP contribution in [0.5, 0.6) is 5.75 Å². The predicted octanol–water partition coefficient (Wildman–Crippen LogP) is 3.85. The molecule has 1 aliphatic carbocycles. The van der Waals surface area contributed by atoms with Gasteiger partial charge in [-0.1, -0.05) is 31.4 Å². The van der Waals surface area contributed by atoms with E-state index >= 15 is 0 Å². The third-order valence-electron chi connectivity index (χ3n) is 4.03. The molecule has 0 amide bonds. The fraction of sp³-hybridized carbons (Fsp3) is 0.588. The van der Waals surface area contributed by atoms with Gasteiger partial charge in [-0.25, -0.2) is 0 Å². The Labute approximate surface area is 121 Å². The second-order valence-corrected chi connectivity index (χ2v) is 5.39. The van der Waals surface area contributed by atoms with E-state index in [1.807, 2.05) is 13.0 Å². The standard InChI is InChI=1S/C17H24O3/c1-3-20-17(18)12-15-10-9-14(11-16(15)19-2)13-7-5-4-6-8-13/h9-11,13H,3-8,12H2,1-2H3. The molecule has 3 nitrogen and oxygen atoms in total. The van der Waals surface area contributed by atoms with Gasteiger partial charge in [0.15, 0.2) is 0 Å². The molecule has 3 heteroatoms. The van der Waals surface area contributed by atoms with Gasteiger partial charge in [0, 0.05) is 5.56 Å². The Kier molecular flexibility index (Phi) is 5.45. The SMILES string of the molecule is CCOC(=O)Cc1ccc(C2CCCCC2)cc1OC. The van der Waals surface area contributed by atoms with E-state index in [1.54, 1.807) is 7.11 Å². The maximum atomic E-state index is 11.6. The van der Waals surface area contributed by atoms with E-state index in [2.05, 4.69) is 12.1 Å². The van der Waals surface area contributed by atoms with Crippen LogP contribution >= 0.6 is 0 Å². The zero-order valence-electron chi connectivity index (χ0n) is 12.5. The summed E-state index contributed by atoms with van der Waals surface area (Å²) in [6.07, 6.45) is 6.80. The average Bonchev–Trinajstić information content (AvgIpc) is 2.49. The molecule has 0 atom stereocenters. The Morgan fingerprint density at radius 2 is 2.00 bits per heavy atom. The van der Waals surface area contributed by atoms with Crippen LogP contribution in [0.15, 0.2) is 18.2 Å². The van der Waals surface area contributed by atoms with E-state index < -0.39 is 0 Å². The first-order chi connectivity index (χ1) is 9.74. The van der Waals surface area contributed by atoms with Crippen LogP contribution in [0.1, 0.15) is 56.1 Å². The second kappa shape index (κ2) is 7.32. The number of carbonyl (C=O) groups excluding carboxylic acids is 1. The Morgan fingerprint density at radius 3 is 2.65 bits per heavy atom. The summed E-state index contributed by atoms with van der Waals surface area (Å²) in [6, 6.07) is 6.26. The molecule has 0 unspecified atom stereocenters. The van der Waals surface area contributed by atoms with Gasteiger partial charge in [0.1, 0.15) is 5.75 Å². The van der Waals surface area contributed by atoms with Gasteiger partial charge in [0.05, 0.1) is 20.1 Å². The molecule has 0 aromatic heterocycles. The summed E-state index contributed by atoms with van der Waals surface area (Å²) in [7, 11) is 1.66. The lowest BCUT2D eigenvalue weighted by atomic mass is 9.83. The van der Waals surface area contributed by atoms with E-state index in [4.69, 9.17) is 9.47 Å². The largest absolute Gasteiger partial charge is 0.496 e. The van der Waals surface area contributed by atoms with Crippen molar-refractivity contribution in [1.82, 2.24) is 0 Å². The highest BCUT2D eigenvalue weighted by Crippen LogP contribution is 2.35. The minimum Gasteiger partial charge on any atom is -0.496 e. The molecular formula is C17H24O3. The van der Waals surface area contributed by atoms with Crippen LogP contribution in [0, 0.1) is 0 Å². The monoisotopic (exact) mass is 276 g/mol. The highest BCUT2D eigenvalue weighted by molar-refractivity contribution is 5.73. The lowest BCUT2D eigenvalue weighted by Gasteiger charge is -2.23. The average molecular weight is 276 g/mol. The molecule has 20 heavy (non-hydrogen) atoms. The molecule has 1 fully saturated rings. The molecule has 0 heterocycles. The Bertz CT molecular complexity index is 448. The number of ether oxygens (including phenoxy) is 2. The van der Waals surface area contributed by atoms with Gasteiger partial charge >= 0.3 is 5.97 Å². The van der Waals surface area contributed by atoms with Crippen molar-refractivity contribution in [2.75, 3.05) is 13.7 Å². The van der Waals surface area contributed by atoms with Crippen LogP contribution in [-0.2, 0) is 16.0 Å². The minimum absolute atomic E-state index is 0.198. The molecule has 0 bridgehead atoms. The van der Waals surface area contributed by atoms with E-state index in [0.29, 0.717) is 12.5 Å². The lowest BCUT2D eigenvalue weighted by Crippen LogP contribution is -2.09. The number of rotatable bonds is 5. The first-order valence-corrected chi connectivity index (χ1v) is 7.57. The summed E-state index contributed by atoms with van der Waals surface area (Å²) < 4.78 is 10.4. The summed E-state index contributed by atoms with van der Waals surface area (Å²) in [5.74, 6) is 1.26. The van der Waals surface area contributed by atoms with Gasteiger partial charge in [-0.2, -0.15) is 0 Å². The first kappa shape index (κ1) is 14.9. The van der Waals surface area contributed by atoms with Crippen molar-refractivity contribution in [1.29, 1.82) is 0 Å². The van der Waals surface area contributed by atoms with Crippen molar-refractivity contribution in [3.63, 3.8) is 0 Å². The molecule has 0 radical (unpaired) electrons. The molecule has 1 aliphatic rings. The zero-order valence-corrected chi connectivity index (χ0v) is 12.5. The fourth-order valence-electron chi connectivity index (χ4n) is 2.96. The molecule has 1 saturated carbocycles. The van der Waals surface area contributed by atoms with Gasteiger partial charge in [-0.15, -0.1) is 0 Å². The third kappa shape index (κ3) is 3.75. The van der Waals surface area contributed by atoms with Crippen molar-refractivity contribution >= 4 is 5.97 Å². The van der Waals surface area contributed by atoms with Gasteiger partial charge in [-0.3, -0.25) is 4.79 Å². The van der Waals surface area contributed by atoms with Crippen LogP contribution in [-0.4, -0.2) is 19.7 Å². The molecular weight excluding hydrogens is 252 g/mol. The van der Waals surface area contributed by atoms with Crippen molar-refractivity contribution in [3.05, 3.63) is 29.3 Å². The summed E-state index contributed by atoms with van der Waals surface area (Å²) in [4.78, 5) is 11.6. The quantitative estimate of drug-likeness (QED) is 0.766. The van der Waals surface area contributed by atoms with Crippen LogP contribution < -0.4 is 4.74 Å². The van der Waals surface area contributed by atoms with Gasteiger partial charge in [-0.05, 0) is 37.3 Å². The summed E-state index contributed by atoms with van der Waals surface area (Å²) in [5.41, 5.74) is 2.25. The van der Waals surface area contributed by atoms with Crippen LogP contribution in [0.25, 0.3) is 0 Å². The normalized spacial score (nSPS) is 15.9. The van der Waals surface area contributed by atoms with E-state index in [-0.39, 0.29) is 12.4 Å². The van der Waals surface area contributed by atoms with Crippen LogP contribution in [0.2, 0.25) is 0 Å². The lowest BCUT2D eigenvalue weighted by molar-refractivity contribution is -0.142. The Balaban J connectivity index is 2.12.